The number of nitrogens with zero attached hydrogens (tertiary/aromatic N) is 1. The Kier molecular flexibility index (Phi) is 17.5. The first-order valence-corrected chi connectivity index (χ1v) is 13.9. The van der Waals surface area contributed by atoms with Crippen molar-refractivity contribution in [3.63, 3.8) is 0 Å². The Hall–Kier alpha value is -2.45. The highest BCUT2D eigenvalue weighted by Crippen LogP contribution is 2.34. The van der Waals surface area contributed by atoms with Crippen molar-refractivity contribution in [1.29, 1.82) is 0 Å². The van der Waals surface area contributed by atoms with Crippen LogP contribution in [0.2, 0.25) is 0 Å². The summed E-state index contributed by atoms with van der Waals surface area (Å²) in [6.07, 6.45) is 0.00742. The number of aryl methyl sites for hydroxylation is 1. The zero-order valence-electron chi connectivity index (χ0n) is 24.6. The molecule has 2 aromatic carbocycles. The number of nitrogens with two attached hydrogens (primary N) is 2. The third-order valence-corrected chi connectivity index (χ3v) is 6.20. The SMILES string of the molecule is C/C(N)=C(\CO)N(N)CCCOc1ccc(C(C)(C)c2ccc(OCC(O)CCl)c(C)c2)cc1.CC.CC. The molecular formula is C30H50ClN3O4. The number of halogens is 1. The van der Waals surface area contributed by atoms with Crippen LogP contribution in [-0.4, -0.2) is 53.6 Å². The summed E-state index contributed by atoms with van der Waals surface area (Å²) in [6.45, 7) is 17.1. The number of allylic oxidation sites excluding steroid dienone is 1. The number of hydrogen-bond acceptors (Lipinski definition) is 7. The zero-order chi connectivity index (χ0) is 29.3. The van der Waals surface area contributed by atoms with Crippen molar-refractivity contribution >= 4 is 11.6 Å². The van der Waals surface area contributed by atoms with Crippen LogP contribution >= 0.6 is 11.6 Å². The maximum atomic E-state index is 9.62. The number of hydrogen-bond donors (Lipinski definition) is 4. The summed E-state index contributed by atoms with van der Waals surface area (Å²) in [5.74, 6) is 7.62. The molecule has 0 saturated heterocycles. The van der Waals surface area contributed by atoms with E-state index >= 15 is 0 Å². The first kappa shape index (κ1) is 35.5. The van der Waals surface area contributed by atoms with Gasteiger partial charge in [0, 0.05) is 24.1 Å². The third-order valence-electron chi connectivity index (χ3n) is 5.85. The number of aliphatic hydroxyl groups excluding tert-OH is 2. The van der Waals surface area contributed by atoms with Crippen molar-refractivity contribution in [2.45, 2.75) is 73.3 Å². The molecule has 0 radical (unpaired) electrons. The van der Waals surface area contributed by atoms with Gasteiger partial charge in [-0.05, 0) is 48.7 Å². The highest BCUT2D eigenvalue weighted by molar-refractivity contribution is 6.18. The van der Waals surface area contributed by atoms with Gasteiger partial charge < -0.3 is 30.4 Å². The molecular weight excluding hydrogens is 502 g/mol. The fourth-order valence-corrected chi connectivity index (χ4v) is 3.66. The van der Waals surface area contributed by atoms with Gasteiger partial charge in [0.05, 0.1) is 24.8 Å². The fourth-order valence-electron chi connectivity index (χ4n) is 3.57. The Morgan fingerprint density at radius 2 is 1.61 bits per heavy atom. The van der Waals surface area contributed by atoms with Gasteiger partial charge in [-0.3, -0.25) is 0 Å². The van der Waals surface area contributed by atoms with Gasteiger partial charge in [0.2, 0.25) is 0 Å². The predicted octanol–water partition coefficient (Wildman–Crippen LogP) is 5.48. The molecule has 38 heavy (non-hydrogen) atoms. The van der Waals surface area contributed by atoms with Crippen LogP contribution in [0.1, 0.15) is 71.6 Å². The second-order valence-corrected chi connectivity index (χ2v) is 9.24. The molecule has 0 aliphatic heterocycles. The van der Waals surface area contributed by atoms with E-state index in [0.717, 1.165) is 28.2 Å². The van der Waals surface area contributed by atoms with Crippen LogP contribution in [0, 0.1) is 6.92 Å². The van der Waals surface area contributed by atoms with Crippen molar-refractivity contribution < 1.29 is 19.7 Å². The van der Waals surface area contributed by atoms with Crippen molar-refractivity contribution in [3.05, 3.63) is 70.5 Å². The predicted molar refractivity (Wildman–Crippen MR) is 160 cm³/mol. The van der Waals surface area contributed by atoms with Gasteiger partial charge in [0.25, 0.3) is 0 Å². The lowest BCUT2D eigenvalue weighted by Crippen LogP contribution is -2.35. The molecule has 7 nitrogen and oxygen atoms in total. The first-order chi connectivity index (χ1) is 18.1. The van der Waals surface area contributed by atoms with E-state index < -0.39 is 6.10 Å². The van der Waals surface area contributed by atoms with Crippen LogP contribution < -0.4 is 21.1 Å². The van der Waals surface area contributed by atoms with Crippen LogP contribution in [0.25, 0.3) is 0 Å². The van der Waals surface area contributed by atoms with Gasteiger partial charge in [0.1, 0.15) is 24.2 Å². The zero-order valence-corrected chi connectivity index (χ0v) is 25.3. The summed E-state index contributed by atoms with van der Waals surface area (Å²) in [5.41, 5.74) is 9.87. The van der Waals surface area contributed by atoms with E-state index in [0.29, 0.717) is 31.0 Å². The molecule has 6 N–H and O–H groups in total. The van der Waals surface area contributed by atoms with E-state index in [1.165, 1.54) is 5.01 Å². The van der Waals surface area contributed by atoms with Crippen molar-refractivity contribution in [3.8, 4) is 11.5 Å². The standard InChI is InChI=1S/C26H38ClN3O4.2C2H6/c1-18-14-21(8-11-25(18)34-17-22(32)15-27)26(3,4)20-6-9-23(10-7-20)33-13-5-12-30(29)24(16-31)19(2)28;2*1-2/h6-11,14,22,31-32H,5,12-13,15-17,28-29H2,1-4H3;2*1-2H3/b24-19-;;. The minimum absolute atomic E-state index is 0.144. The number of aliphatic hydroxyl groups is 2. The summed E-state index contributed by atoms with van der Waals surface area (Å²) in [7, 11) is 0. The molecule has 0 fully saturated rings. The van der Waals surface area contributed by atoms with E-state index in [1.807, 2.05) is 52.8 Å². The maximum Gasteiger partial charge on any atom is 0.122 e. The van der Waals surface area contributed by atoms with Crippen LogP contribution in [0.3, 0.4) is 0 Å². The molecule has 0 aliphatic carbocycles. The second kappa shape index (κ2) is 18.7. The summed E-state index contributed by atoms with van der Waals surface area (Å²) >= 11 is 5.64. The maximum absolute atomic E-state index is 9.62. The summed E-state index contributed by atoms with van der Waals surface area (Å²) < 4.78 is 11.5. The number of benzene rings is 2. The molecule has 0 aliphatic rings. The monoisotopic (exact) mass is 551 g/mol. The van der Waals surface area contributed by atoms with Gasteiger partial charge in [0.15, 0.2) is 0 Å². The molecule has 8 heteroatoms. The van der Waals surface area contributed by atoms with Gasteiger partial charge >= 0.3 is 0 Å². The van der Waals surface area contributed by atoms with E-state index in [9.17, 15) is 10.2 Å². The Morgan fingerprint density at radius 3 is 2.11 bits per heavy atom. The molecule has 0 spiro atoms. The lowest BCUT2D eigenvalue weighted by molar-refractivity contribution is 0.125. The first-order valence-electron chi connectivity index (χ1n) is 13.4. The Bertz CT molecular complexity index is 945. The molecule has 1 unspecified atom stereocenters. The molecule has 0 amide bonds. The molecule has 0 bridgehead atoms. The minimum Gasteiger partial charge on any atom is -0.494 e. The van der Waals surface area contributed by atoms with E-state index in [-0.39, 0.29) is 24.5 Å². The quantitative estimate of drug-likeness (QED) is 0.113. The van der Waals surface area contributed by atoms with Gasteiger partial charge in [-0.1, -0.05) is 65.8 Å². The van der Waals surface area contributed by atoms with Gasteiger partial charge in [-0.25, -0.2) is 5.84 Å². The minimum atomic E-state index is -0.683. The lowest BCUT2D eigenvalue weighted by atomic mass is 9.77. The van der Waals surface area contributed by atoms with Crippen molar-refractivity contribution in [1.82, 2.24) is 5.01 Å². The largest absolute Gasteiger partial charge is 0.494 e. The average Bonchev–Trinajstić information content (AvgIpc) is 2.92. The molecule has 216 valence electrons. The van der Waals surface area contributed by atoms with Crippen molar-refractivity contribution in [2.24, 2.45) is 11.6 Å². The molecule has 0 heterocycles. The summed E-state index contributed by atoms with van der Waals surface area (Å²) in [5, 5.41) is 20.4. The number of rotatable bonds is 13. The summed E-state index contributed by atoms with van der Waals surface area (Å²) in [4.78, 5) is 0. The van der Waals surface area contributed by atoms with Crippen molar-refractivity contribution in [2.75, 3.05) is 32.2 Å². The van der Waals surface area contributed by atoms with Gasteiger partial charge in [-0.2, -0.15) is 0 Å². The molecule has 0 saturated carbocycles. The third kappa shape index (κ3) is 11.1. The average molecular weight is 552 g/mol. The number of alkyl halides is 1. The van der Waals surface area contributed by atoms with Gasteiger partial charge in [-0.15, -0.1) is 11.6 Å². The topological polar surface area (TPSA) is 114 Å². The van der Waals surface area contributed by atoms with Crippen LogP contribution in [-0.2, 0) is 5.41 Å². The summed E-state index contributed by atoms with van der Waals surface area (Å²) in [6, 6.07) is 14.2. The molecule has 1 atom stereocenters. The smallest absolute Gasteiger partial charge is 0.122 e. The second-order valence-electron chi connectivity index (χ2n) is 8.93. The highest BCUT2D eigenvalue weighted by Gasteiger charge is 2.24. The molecule has 0 aromatic heterocycles. The Morgan fingerprint density at radius 1 is 1.03 bits per heavy atom. The normalized spacial score (nSPS) is 12.2. The van der Waals surface area contributed by atoms with Crippen LogP contribution in [0.15, 0.2) is 53.9 Å². The lowest BCUT2D eigenvalue weighted by Gasteiger charge is -2.27. The van der Waals surface area contributed by atoms with Crippen LogP contribution in [0.5, 0.6) is 11.5 Å². The fraction of sp³-hybridized carbons (Fsp3) is 0.533. The van der Waals surface area contributed by atoms with E-state index in [2.05, 4.69) is 38.1 Å². The van der Waals surface area contributed by atoms with E-state index in [4.69, 9.17) is 32.7 Å². The van der Waals surface area contributed by atoms with E-state index in [1.54, 1.807) is 6.92 Å². The highest BCUT2D eigenvalue weighted by atomic mass is 35.5. The molecule has 2 rings (SSSR count). The van der Waals surface area contributed by atoms with Crippen LogP contribution in [0.4, 0.5) is 0 Å². The Balaban J connectivity index is 0.00000326. The number of hydrazine groups is 1. The number of ether oxygens (including phenoxy) is 2. The molecule has 2 aromatic rings. The Labute approximate surface area is 235 Å².